The van der Waals surface area contributed by atoms with Crippen LogP contribution in [0.25, 0.3) is 11.1 Å². The molecule has 29 heavy (non-hydrogen) atoms. The number of rotatable bonds is 2. The molecule has 152 valence electrons. The minimum atomic E-state index is -0.728. The third-order valence-corrected chi connectivity index (χ3v) is 9.69. The van der Waals surface area contributed by atoms with E-state index in [9.17, 15) is 0 Å². The predicted octanol–water partition coefficient (Wildman–Crippen LogP) is 0.483. The van der Waals surface area contributed by atoms with Crippen molar-refractivity contribution in [2.45, 2.75) is 62.4 Å². The average molecular weight is 505 g/mol. The third-order valence-electron chi connectivity index (χ3n) is 5.81. The van der Waals surface area contributed by atoms with E-state index < -0.39 is 23.2 Å². The summed E-state index contributed by atoms with van der Waals surface area (Å²) in [6, 6.07) is 12.0. The first kappa shape index (κ1) is 24.7. The van der Waals surface area contributed by atoms with Crippen molar-refractivity contribution in [2.75, 3.05) is 0 Å². The van der Waals surface area contributed by atoms with Crippen LogP contribution in [0.5, 0.6) is 0 Å². The van der Waals surface area contributed by atoms with Crippen LogP contribution in [-0.2, 0) is 40.5 Å². The average Bonchev–Trinajstić information content (AvgIpc) is 3.20. The number of hydrogen-bond donors (Lipinski definition) is 0. The van der Waals surface area contributed by atoms with E-state index in [4.69, 9.17) is 0 Å². The van der Waals surface area contributed by atoms with Crippen LogP contribution in [0.3, 0.4) is 0 Å². The summed E-state index contributed by atoms with van der Waals surface area (Å²) < 4.78 is 2.45. The van der Waals surface area contributed by atoms with Gasteiger partial charge >= 0.3 is 177 Å². The van der Waals surface area contributed by atoms with Crippen LogP contribution >= 0.6 is 0 Å². The zero-order valence-electron chi connectivity index (χ0n) is 18.2. The normalized spacial score (nSPS) is 14.7. The molecule has 0 radical (unpaired) electrons. The van der Waals surface area contributed by atoms with Crippen molar-refractivity contribution in [1.82, 2.24) is 0 Å². The predicted molar refractivity (Wildman–Crippen MR) is 114 cm³/mol. The van der Waals surface area contributed by atoms with Gasteiger partial charge < -0.3 is 24.8 Å². The summed E-state index contributed by atoms with van der Waals surface area (Å²) in [6.07, 6.45) is 10.4. The molecule has 2 aliphatic rings. The zero-order chi connectivity index (χ0) is 19.4. The summed E-state index contributed by atoms with van der Waals surface area (Å²) in [7, 11) is 0. The van der Waals surface area contributed by atoms with Gasteiger partial charge in [0.05, 0.1) is 0 Å². The molecule has 0 nitrogen and oxygen atoms in total. The molecule has 0 heterocycles. The summed E-state index contributed by atoms with van der Waals surface area (Å²) in [5.74, 6) is 0. The fourth-order valence-corrected chi connectivity index (χ4v) is 8.55. The summed E-state index contributed by atoms with van der Waals surface area (Å²) in [5, 5.41) is 0. The van der Waals surface area contributed by atoms with Gasteiger partial charge in [-0.1, -0.05) is 0 Å². The molecule has 0 amide bonds. The summed E-state index contributed by atoms with van der Waals surface area (Å²) >= 11 is -0.728. The zero-order valence-corrected chi connectivity index (χ0v) is 22.2. The molecule has 0 saturated carbocycles. The summed E-state index contributed by atoms with van der Waals surface area (Å²) in [5.41, 5.74) is 9.60. The topological polar surface area (TPSA) is 0 Å². The Bertz CT molecular complexity index is 944. The van der Waals surface area contributed by atoms with Gasteiger partial charge in [0.15, 0.2) is 0 Å². The van der Waals surface area contributed by atoms with E-state index in [2.05, 4.69) is 96.2 Å². The van der Waals surface area contributed by atoms with E-state index in [1.807, 2.05) is 0 Å². The van der Waals surface area contributed by atoms with Gasteiger partial charge in [-0.3, -0.25) is 0 Å². The number of halogens is 2. The molecule has 0 spiro atoms. The first-order valence-electron chi connectivity index (χ1n) is 10.1. The third kappa shape index (κ3) is 4.84. The van der Waals surface area contributed by atoms with Crippen LogP contribution in [0.15, 0.2) is 54.6 Å². The molecule has 4 rings (SSSR count). The molecule has 0 unspecified atom stereocenters. The number of hydrogen-bond acceptors (Lipinski definition) is 0. The Balaban J connectivity index is 0.00000150. The van der Waals surface area contributed by atoms with Crippen molar-refractivity contribution in [1.29, 1.82) is 0 Å². The van der Waals surface area contributed by atoms with E-state index in [1.165, 1.54) is 22.3 Å². The maximum Gasteiger partial charge on any atom is -1.00 e. The second-order valence-electron chi connectivity index (χ2n) is 10.0. The maximum absolute atomic E-state index is 2.47. The van der Waals surface area contributed by atoms with Crippen LogP contribution < -0.4 is 28.1 Å². The molecule has 0 aromatic heterocycles. The van der Waals surface area contributed by atoms with Gasteiger partial charge in [0.1, 0.15) is 0 Å². The Labute approximate surface area is 200 Å². The standard InChI is InChI=1S/C21H25.C5H5.2ClH.Zr/c1-20(2,3)16-7-9-18-14(12-16)11-15-13-17(21(4,5)6)8-10-19(15)18;1-2-4-5-3-1;;;/h7-10,12H,11H2,1-6H3;1-5H;2*1H;/q;;;;+2/p-2. The Hall–Kier alpha value is -0.617. The van der Waals surface area contributed by atoms with E-state index in [-0.39, 0.29) is 35.6 Å². The quantitative estimate of drug-likeness (QED) is 0.477. The fourth-order valence-electron chi connectivity index (χ4n) is 4.23. The SMILES string of the molecule is CC(C)(C)c1ccc2c(c1)Cc1c-2ccc(C(C)(C)C)[c]1[Zr+2][CH]1C=CC=C1.[Cl-].[Cl-]. The van der Waals surface area contributed by atoms with Gasteiger partial charge in [-0.05, 0) is 0 Å². The Morgan fingerprint density at radius 1 is 0.793 bits per heavy atom. The van der Waals surface area contributed by atoms with Crippen molar-refractivity contribution in [3.8, 4) is 11.1 Å². The van der Waals surface area contributed by atoms with Gasteiger partial charge in [-0.15, -0.1) is 0 Å². The van der Waals surface area contributed by atoms with Crippen LogP contribution in [0.4, 0.5) is 0 Å². The Kier molecular flexibility index (Phi) is 7.53. The van der Waals surface area contributed by atoms with Gasteiger partial charge in [-0.25, -0.2) is 0 Å². The van der Waals surface area contributed by atoms with Crippen LogP contribution in [-0.4, -0.2) is 0 Å². The van der Waals surface area contributed by atoms with E-state index >= 15 is 0 Å². The first-order valence-corrected chi connectivity index (χ1v) is 12.7. The number of allylic oxidation sites excluding steroid dienone is 4. The molecule has 2 aromatic carbocycles. The molecule has 2 aliphatic carbocycles. The monoisotopic (exact) mass is 502 g/mol. The van der Waals surface area contributed by atoms with Crippen LogP contribution in [0, 0.1) is 0 Å². The van der Waals surface area contributed by atoms with Gasteiger partial charge in [-0.2, -0.15) is 0 Å². The van der Waals surface area contributed by atoms with Gasteiger partial charge in [0.2, 0.25) is 0 Å². The molecule has 0 aliphatic heterocycles. The van der Waals surface area contributed by atoms with Crippen LogP contribution in [0.1, 0.15) is 63.8 Å². The Morgan fingerprint density at radius 2 is 1.41 bits per heavy atom. The molecule has 2 aromatic rings. The molecule has 3 heteroatoms. The van der Waals surface area contributed by atoms with Crippen molar-refractivity contribution < 1.29 is 48.0 Å². The minimum Gasteiger partial charge on any atom is -1.00 e. The van der Waals surface area contributed by atoms with E-state index in [0.29, 0.717) is 3.63 Å². The Morgan fingerprint density at radius 3 is 2.00 bits per heavy atom. The summed E-state index contributed by atoms with van der Waals surface area (Å²) in [4.78, 5) is 0. The van der Waals surface area contributed by atoms with Gasteiger partial charge in [0, 0.05) is 0 Å². The van der Waals surface area contributed by atoms with Crippen molar-refractivity contribution in [3.63, 3.8) is 0 Å². The molecule has 0 atom stereocenters. The van der Waals surface area contributed by atoms with E-state index in [0.717, 1.165) is 6.42 Å². The minimum absolute atomic E-state index is 0. The van der Waals surface area contributed by atoms with Crippen molar-refractivity contribution >= 4 is 3.27 Å². The second-order valence-corrected chi connectivity index (χ2v) is 13.6. The van der Waals surface area contributed by atoms with E-state index in [1.54, 1.807) is 14.4 Å². The molecule has 0 N–H and O–H groups in total. The van der Waals surface area contributed by atoms with Crippen LogP contribution in [0.2, 0.25) is 3.63 Å². The summed E-state index contributed by atoms with van der Waals surface area (Å²) in [6.45, 7) is 14.1. The molecule has 0 bridgehead atoms. The molecular formula is C26H30Cl2Zr. The number of fused-ring (bicyclic) bond motifs is 3. The van der Waals surface area contributed by atoms with Crippen molar-refractivity contribution in [2.24, 2.45) is 0 Å². The fraction of sp³-hybridized carbons (Fsp3) is 0.385. The maximum atomic E-state index is 2.47. The number of benzene rings is 2. The molecular weight excluding hydrogens is 474 g/mol. The molecule has 0 saturated heterocycles. The first-order chi connectivity index (χ1) is 12.6. The van der Waals surface area contributed by atoms with Crippen molar-refractivity contribution in [3.05, 3.63) is 76.9 Å². The smallest absolute Gasteiger partial charge is 1.00 e. The second kappa shape index (κ2) is 8.86. The molecule has 0 fully saturated rings. The van der Waals surface area contributed by atoms with Gasteiger partial charge in [0.25, 0.3) is 0 Å². The largest absolute Gasteiger partial charge is 1.00 e.